The van der Waals surface area contributed by atoms with Gasteiger partial charge in [0.25, 0.3) is 0 Å². The van der Waals surface area contributed by atoms with E-state index in [1.165, 1.54) is 0 Å². The molecule has 21 heavy (non-hydrogen) atoms. The number of benzene rings is 1. The predicted octanol–water partition coefficient (Wildman–Crippen LogP) is 3.86. The van der Waals surface area contributed by atoms with Gasteiger partial charge in [-0.3, -0.25) is 4.98 Å². The summed E-state index contributed by atoms with van der Waals surface area (Å²) in [6.45, 7) is 4.26. The van der Waals surface area contributed by atoms with Crippen molar-refractivity contribution in [1.29, 1.82) is 0 Å². The number of nitrogens with one attached hydrogen (secondary N) is 1. The molecular formula is C17H18N4. The highest BCUT2D eigenvalue weighted by Gasteiger charge is 2.12. The topological polar surface area (TPSA) is 50.7 Å². The van der Waals surface area contributed by atoms with Gasteiger partial charge in [-0.2, -0.15) is 0 Å². The normalized spacial score (nSPS) is 11.0. The van der Waals surface area contributed by atoms with Crippen LogP contribution in [0.3, 0.4) is 0 Å². The van der Waals surface area contributed by atoms with Gasteiger partial charge in [0.1, 0.15) is 5.82 Å². The molecule has 0 radical (unpaired) electrons. The van der Waals surface area contributed by atoms with E-state index in [4.69, 9.17) is 4.98 Å². The van der Waals surface area contributed by atoms with E-state index in [-0.39, 0.29) is 0 Å². The molecule has 0 fully saturated rings. The molecule has 3 rings (SSSR count). The smallest absolute Gasteiger partial charge is 0.163 e. The van der Waals surface area contributed by atoms with Gasteiger partial charge in [0.05, 0.1) is 5.52 Å². The fourth-order valence-electron chi connectivity index (χ4n) is 2.29. The molecule has 0 saturated heterocycles. The molecule has 0 bridgehead atoms. The third-order valence-corrected chi connectivity index (χ3v) is 3.47. The molecule has 0 spiro atoms. The van der Waals surface area contributed by atoms with Crippen LogP contribution in [-0.2, 0) is 0 Å². The number of aromatic nitrogens is 3. The maximum Gasteiger partial charge on any atom is 0.163 e. The molecule has 4 heteroatoms. The highest BCUT2D eigenvalue weighted by Crippen LogP contribution is 2.27. The summed E-state index contributed by atoms with van der Waals surface area (Å²) >= 11 is 0. The Morgan fingerprint density at radius 3 is 2.62 bits per heavy atom. The number of para-hydroxylation sites is 1. The number of fused-ring (bicyclic) bond motifs is 1. The zero-order chi connectivity index (χ0) is 14.8. The number of anilines is 1. The molecule has 0 aliphatic rings. The van der Waals surface area contributed by atoms with E-state index in [1.54, 1.807) is 6.20 Å². The third-order valence-electron chi connectivity index (χ3n) is 3.47. The average molecular weight is 278 g/mol. The van der Waals surface area contributed by atoms with Gasteiger partial charge in [0, 0.05) is 36.0 Å². The number of hydrogen-bond acceptors (Lipinski definition) is 4. The van der Waals surface area contributed by atoms with Crippen molar-refractivity contribution in [2.24, 2.45) is 0 Å². The first-order chi connectivity index (χ1) is 10.2. The second kappa shape index (κ2) is 5.48. The predicted molar refractivity (Wildman–Crippen MR) is 86.4 cm³/mol. The molecule has 4 nitrogen and oxygen atoms in total. The Morgan fingerprint density at radius 1 is 1.05 bits per heavy atom. The van der Waals surface area contributed by atoms with Gasteiger partial charge < -0.3 is 5.32 Å². The van der Waals surface area contributed by atoms with Crippen LogP contribution in [0.4, 0.5) is 5.82 Å². The molecule has 0 unspecified atom stereocenters. The highest BCUT2D eigenvalue weighted by atomic mass is 15.0. The number of rotatable bonds is 3. The zero-order valence-corrected chi connectivity index (χ0v) is 12.5. The maximum atomic E-state index is 4.71. The summed E-state index contributed by atoms with van der Waals surface area (Å²) in [6, 6.07) is 12.1. The number of nitrogens with zero attached hydrogens (tertiary/aromatic N) is 3. The van der Waals surface area contributed by atoms with Crippen molar-refractivity contribution >= 4 is 16.7 Å². The second-order valence-electron chi connectivity index (χ2n) is 5.29. The van der Waals surface area contributed by atoms with E-state index in [0.717, 1.165) is 33.8 Å². The summed E-state index contributed by atoms with van der Waals surface area (Å²) in [4.78, 5) is 13.8. The molecule has 2 aromatic heterocycles. The first-order valence-electron chi connectivity index (χ1n) is 7.10. The van der Waals surface area contributed by atoms with Crippen molar-refractivity contribution < 1.29 is 0 Å². The van der Waals surface area contributed by atoms with Crippen LogP contribution in [0.5, 0.6) is 0 Å². The molecule has 1 aromatic carbocycles. The molecule has 1 N–H and O–H groups in total. The second-order valence-corrected chi connectivity index (χ2v) is 5.29. The van der Waals surface area contributed by atoms with Gasteiger partial charge in [0.2, 0.25) is 0 Å². The van der Waals surface area contributed by atoms with Crippen LogP contribution in [0.1, 0.15) is 25.5 Å². The molecule has 0 amide bonds. The van der Waals surface area contributed by atoms with Crippen molar-refractivity contribution in [3.63, 3.8) is 0 Å². The Kier molecular flexibility index (Phi) is 3.52. The first-order valence-corrected chi connectivity index (χ1v) is 7.10. The van der Waals surface area contributed by atoms with E-state index in [0.29, 0.717) is 5.92 Å². The molecule has 0 aliphatic heterocycles. The molecule has 0 aliphatic carbocycles. The van der Waals surface area contributed by atoms with Gasteiger partial charge in [-0.05, 0) is 18.1 Å². The van der Waals surface area contributed by atoms with E-state index in [1.807, 2.05) is 31.3 Å². The van der Waals surface area contributed by atoms with Gasteiger partial charge in [-0.25, -0.2) is 9.97 Å². The lowest BCUT2D eigenvalue weighted by Crippen LogP contribution is -2.02. The fraction of sp³-hybridized carbons (Fsp3) is 0.235. The van der Waals surface area contributed by atoms with Crippen molar-refractivity contribution in [3.8, 4) is 11.4 Å². The van der Waals surface area contributed by atoms with Crippen molar-refractivity contribution in [3.05, 3.63) is 48.3 Å². The summed E-state index contributed by atoms with van der Waals surface area (Å²) < 4.78 is 0. The minimum absolute atomic E-state index is 0.349. The average Bonchev–Trinajstić information content (AvgIpc) is 2.53. The molecule has 3 aromatic rings. The lowest BCUT2D eigenvalue weighted by Gasteiger charge is -2.11. The Balaban J connectivity index is 2.25. The SMILES string of the molecule is CNc1cc(C(C)C)nc(-c2cccc3cccnc23)n1. The Bertz CT molecular complexity index is 775. The minimum atomic E-state index is 0.349. The van der Waals surface area contributed by atoms with Crippen molar-refractivity contribution in [1.82, 2.24) is 15.0 Å². The summed E-state index contributed by atoms with van der Waals surface area (Å²) in [5.41, 5.74) is 2.92. The standard InChI is InChI=1S/C17H18N4/c1-11(2)14-10-15(18-3)21-17(20-14)13-8-4-6-12-7-5-9-19-16(12)13/h4-11H,1-3H3,(H,18,20,21). The number of hydrogen-bond donors (Lipinski definition) is 1. The lowest BCUT2D eigenvalue weighted by atomic mass is 10.1. The fourth-order valence-corrected chi connectivity index (χ4v) is 2.29. The Labute approximate surface area is 124 Å². The Morgan fingerprint density at radius 2 is 1.86 bits per heavy atom. The van der Waals surface area contributed by atoms with Crippen LogP contribution in [0.15, 0.2) is 42.6 Å². The lowest BCUT2D eigenvalue weighted by molar-refractivity contribution is 0.818. The molecule has 0 saturated carbocycles. The Hall–Kier alpha value is -2.49. The van der Waals surface area contributed by atoms with Gasteiger partial charge in [-0.1, -0.05) is 32.0 Å². The van der Waals surface area contributed by atoms with Gasteiger partial charge in [-0.15, -0.1) is 0 Å². The molecule has 0 atom stereocenters. The van der Waals surface area contributed by atoms with E-state index in [9.17, 15) is 0 Å². The van der Waals surface area contributed by atoms with Crippen LogP contribution in [0.2, 0.25) is 0 Å². The van der Waals surface area contributed by atoms with Crippen LogP contribution >= 0.6 is 0 Å². The van der Waals surface area contributed by atoms with Crippen LogP contribution < -0.4 is 5.32 Å². The zero-order valence-electron chi connectivity index (χ0n) is 12.5. The van der Waals surface area contributed by atoms with Gasteiger partial charge >= 0.3 is 0 Å². The maximum absolute atomic E-state index is 4.71. The summed E-state index contributed by atoms with van der Waals surface area (Å²) in [5, 5.41) is 4.21. The van der Waals surface area contributed by atoms with Gasteiger partial charge in [0.15, 0.2) is 5.82 Å². The monoisotopic (exact) mass is 278 g/mol. The first kappa shape index (κ1) is 13.5. The number of pyridine rings is 1. The van der Waals surface area contributed by atoms with E-state index in [2.05, 4.69) is 41.3 Å². The summed E-state index contributed by atoms with van der Waals surface area (Å²) in [7, 11) is 1.87. The van der Waals surface area contributed by atoms with E-state index >= 15 is 0 Å². The van der Waals surface area contributed by atoms with Crippen molar-refractivity contribution in [2.75, 3.05) is 12.4 Å². The van der Waals surface area contributed by atoms with Crippen LogP contribution in [-0.4, -0.2) is 22.0 Å². The third kappa shape index (κ3) is 2.57. The highest BCUT2D eigenvalue weighted by molar-refractivity contribution is 5.91. The van der Waals surface area contributed by atoms with E-state index < -0.39 is 0 Å². The summed E-state index contributed by atoms with van der Waals surface area (Å²) in [5.74, 6) is 1.90. The molecule has 2 heterocycles. The largest absolute Gasteiger partial charge is 0.373 e. The quantitative estimate of drug-likeness (QED) is 0.790. The summed E-state index contributed by atoms with van der Waals surface area (Å²) in [6.07, 6.45) is 1.80. The minimum Gasteiger partial charge on any atom is -0.373 e. The van der Waals surface area contributed by atoms with Crippen LogP contribution in [0, 0.1) is 0 Å². The van der Waals surface area contributed by atoms with Crippen LogP contribution in [0.25, 0.3) is 22.3 Å². The molecular weight excluding hydrogens is 260 g/mol. The van der Waals surface area contributed by atoms with Crippen molar-refractivity contribution in [2.45, 2.75) is 19.8 Å². The molecule has 106 valence electrons.